The monoisotopic (exact) mass is 257 g/mol. The Morgan fingerprint density at radius 2 is 2.00 bits per heavy atom. The summed E-state index contributed by atoms with van der Waals surface area (Å²) in [6.45, 7) is 3.64. The van der Waals surface area contributed by atoms with Gasteiger partial charge < -0.3 is 9.84 Å². The number of carbonyl (C=O) groups is 1. The zero-order chi connectivity index (χ0) is 13.8. The number of nitrogens with zero attached hydrogens (tertiary/aromatic N) is 1. The van der Waals surface area contributed by atoms with E-state index in [0.717, 1.165) is 16.8 Å². The van der Waals surface area contributed by atoms with Crippen LogP contribution in [0.15, 0.2) is 36.5 Å². The average molecular weight is 257 g/mol. The SMILES string of the molecule is CCC(=O)Oc1cnc(-c2ccc(O)cc2)c(C)c1. The number of rotatable bonds is 3. The number of hydrogen-bond donors (Lipinski definition) is 1. The summed E-state index contributed by atoms with van der Waals surface area (Å²) < 4.78 is 5.11. The molecule has 4 nitrogen and oxygen atoms in total. The van der Waals surface area contributed by atoms with Crippen LogP contribution in [0.1, 0.15) is 18.9 Å². The van der Waals surface area contributed by atoms with E-state index in [1.54, 1.807) is 37.3 Å². The van der Waals surface area contributed by atoms with Gasteiger partial charge in [-0.3, -0.25) is 9.78 Å². The fourth-order valence-electron chi connectivity index (χ4n) is 1.73. The minimum absolute atomic E-state index is 0.217. The molecule has 98 valence electrons. The Balaban J connectivity index is 2.29. The third-order valence-corrected chi connectivity index (χ3v) is 2.71. The van der Waals surface area contributed by atoms with Crippen LogP contribution in [0.5, 0.6) is 11.5 Å². The van der Waals surface area contributed by atoms with Crippen LogP contribution in [0.25, 0.3) is 11.3 Å². The van der Waals surface area contributed by atoms with Crippen molar-refractivity contribution in [3.05, 3.63) is 42.1 Å². The summed E-state index contributed by atoms with van der Waals surface area (Å²) in [5.74, 6) is 0.389. The maximum Gasteiger partial charge on any atom is 0.310 e. The van der Waals surface area contributed by atoms with Crippen molar-refractivity contribution >= 4 is 5.97 Å². The Labute approximate surface area is 111 Å². The molecule has 0 atom stereocenters. The van der Waals surface area contributed by atoms with Crippen molar-refractivity contribution in [1.82, 2.24) is 4.98 Å². The molecule has 1 aromatic heterocycles. The van der Waals surface area contributed by atoms with Gasteiger partial charge in [-0.15, -0.1) is 0 Å². The van der Waals surface area contributed by atoms with Crippen molar-refractivity contribution in [1.29, 1.82) is 0 Å². The van der Waals surface area contributed by atoms with E-state index in [2.05, 4.69) is 4.98 Å². The number of aromatic hydroxyl groups is 1. The molecule has 0 bridgehead atoms. The zero-order valence-electron chi connectivity index (χ0n) is 10.9. The molecule has 4 heteroatoms. The van der Waals surface area contributed by atoms with Crippen LogP contribution in [-0.4, -0.2) is 16.1 Å². The molecule has 0 aliphatic heterocycles. The van der Waals surface area contributed by atoms with Crippen molar-refractivity contribution in [2.24, 2.45) is 0 Å². The second kappa shape index (κ2) is 5.52. The number of aromatic nitrogens is 1. The molecule has 1 N–H and O–H groups in total. The van der Waals surface area contributed by atoms with Gasteiger partial charge in [-0.2, -0.15) is 0 Å². The predicted molar refractivity (Wildman–Crippen MR) is 72.0 cm³/mol. The number of benzene rings is 1. The lowest BCUT2D eigenvalue weighted by Gasteiger charge is -2.08. The van der Waals surface area contributed by atoms with Crippen LogP contribution >= 0.6 is 0 Å². The van der Waals surface area contributed by atoms with E-state index in [1.165, 1.54) is 6.20 Å². The Bertz CT molecular complexity index is 591. The van der Waals surface area contributed by atoms with Crippen molar-refractivity contribution in [2.45, 2.75) is 20.3 Å². The number of ether oxygens (including phenoxy) is 1. The van der Waals surface area contributed by atoms with E-state index in [-0.39, 0.29) is 11.7 Å². The van der Waals surface area contributed by atoms with Gasteiger partial charge in [0.25, 0.3) is 0 Å². The second-order valence-electron chi connectivity index (χ2n) is 4.21. The largest absolute Gasteiger partial charge is 0.508 e. The van der Waals surface area contributed by atoms with E-state index < -0.39 is 0 Å². The lowest BCUT2D eigenvalue weighted by molar-refractivity contribution is -0.134. The summed E-state index contributed by atoms with van der Waals surface area (Å²) in [5.41, 5.74) is 2.62. The van der Waals surface area contributed by atoms with E-state index in [9.17, 15) is 9.90 Å². The molecule has 2 rings (SSSR count). The molecule has 0 aliphatic rings. The lowest BCUT2D eigenvalue weighted by Crippen LogP contribution is -2.06. The number of carbonyl (C=O) groups excluding carboxylic acids is 1. The molecule has 0 radical (unpaired) electrons. The van der Waals surface area contributed by atoms with Gasteiger partial charge in [0, 0.05) is 12.0 Å². The highest BCUT2D eigenvalue weighted by Gasteiger charge is 2.07. The van der Waals surface area contributed by atoms with Crippen LogP contribution in [-0.2, 0) is 4.79 Å². The minimum Gasteiger partial charge on any atom is -0.508 e. The summed E-state index contributed by atoms with van der Waals surface area (Å²) in [7, 11) is 0. The molecule has 0 aliphatic carbocycles. The van der Waals surface area contributed by atoms with E-state index in [0.29, 0.717) is 12.2 Å². The first kappa shape index (κ1) is 13.1. The van der Waals surface area contributed by atoms with Crippen LogP contribution in [0, 0.1) is 6.92 Å². The molecule has 19 heavy (non-hydrogen) atoms. The van der Waals surface area contributed by atoms with Crippen LogP contribution in [0.4, 0.5) is 0 Å². The minimum atomic E-state index is -0.279. The predicted octanol–water partition coefficient (Wildman–Crippen LogP) is 3.08. The van der Waals surface area contributed by atoms with Gasteiger partial charge in [0.2, 0.25) is 0 Å². The molecule has 0 spiro atoms. The Morgan fingerprint density at radius 3 is 2.58 bits per heavy atom. The fraction of sp³-hybridized carbons (Fsp3) is 0.200. The summed E-state index contributed by atoms with van der Waals surface area (Å²) in [6.07, 6.45) is 1.86. The Hall–Kier alpha value is -2.36. The standard InChI is InChI=1S/C15H15NO3/c1-3-14(18)19-13-8-10(2)15(16-9-13)11-4-6-12(17)7-5-11/h4-9,17H,3H2,1-2H3. The molecule has 0 amide bonds. The third-order valence-electron chi connectivity index (χ3n) is 2.71. The molecule has 0 saturated carbocycles. The lowest BCUT2D eigenvalue weighted by atomic mass is 10.1. The maximum absolute atomic E-state index is 11.2. The van der Waals surface area contributed by atoms with E-state index in [4.69, 9.17) is 4.74 Å². The number of phenols is 1. The number of hydrogen-bond acceptors (Lipinski definition) is 4. The van der Waals surface area contributed by atoms with E-state index in [1.807, 2.05) is 6.92 Å². The number of aryl methyl sites for hydroxylation is 1. The van der Waals surface area contributed by atoms with Gasteiger partial charge in [0.05, 0.1) is 11.9 Å². The highest BCUT2D eigenvalue weighted by molar-refractivity contribution is 5.72. The molecule has 1 heterocycles. The number of esters is 1. The number of phenolic OH excluding ortho intramolecular Hbond substituents is 1. The molecule has 2 aromatic rings. The van der Waals surface area contributed by atoms with Gasteiger partial charge in [-0.25, -0.2) is 0 Å². The zero-order valence-corrected chi connectivity index (χ0v) is 10.9. The van der Waals surface area contributed by atoms with Gasteiger partial charge in [0.1, 0.15) is 11.5 Å². The highest BCUT2D eigenvalue weighted by atomic mass is 16.5. The molecule has 0 fully saturated rings. The van der Waals surface area contributed by atoms with Crippen molar-refractivity contribution < 1.29 is 14.6 Å². The molecule has 0 unspecified atom stereocenters. The van der Waals surface area contributed by atoms with Crippen LogP contribution in [0.2, 0.25) is 0 Å². The number of pyridine rings is 1. The summed E-state index contributed by atoms with van der Waals surface area (Å²) in [6, 6.07) is 8.59. The van der Waals surface area contributed by atoms with Crippen molar-refractivity contribution in [3.8, 4) is 22.8 Å². The normalized spacial score (nSPS) is 10.2. The highest BCUT2D eigenvalue weighted by Crippen LogP contribution is 2.25. The summed E-state index contributed by atoms with van der Waals surface area (Å²) in [4.78, 5) is 15.5. The van der Waals surface area contributed by atoms with Crippen LogP contribution in [0.3, 0.4) is 0 Å². The molecular weight excluding hydrogens is 242 g/mol. The first-order valence-electron chi connectivity index (χ1n) is 6.07. The first-order valence-corrected chi connectivity index (χ1v) is 6.07. The molecule has 0 saturated heterocycles. The quantitative estimate of drug-likeness (QED) is 0.858. The van der Waals surface area contributed by atoms with Gasteiger partial charge in [0.15, 0.2) is 0 Å². The molecule has 1 aromatic carbocycles. The van der Waals surface area contributed by atoms with E-state index >= 15 is 0 Å². The molecular formula is C15H15NO3. The smallest absolute Gasteiger partial charge is 0.310 e. The fourth-order valence-corrected chi connectivity index (χ4v) is 1.73. The summed E-state index contributed by atoms with van der Waals surface area (Å²) >= 11 is 0. The van der Waals surface area contributed by atoms with Crippen molar-refractivity contribution in [3.63, 3.8) is 0 Å². The second-order valence-corrected chi connectivity index (χ2v) is 4.21. The van der Waals surface area contributed by atoms with Crippen LogP contribution < -0.4 is 4.74 Å². The van der Waals surface area contributed by atoms with Gasteiger partial charge >= 0.3 is 5.97 Å². The van der Waals surface area contributed by atoms with Gasteiger partial charge in [-0.05, 0) is 42.8 Å². The third kappa shape index (κ3) is 3.10. The average Bonchev–Trinajstić information content (AvgIpc) is 2.40. The Kier molecular flexibility index (Phi) is 3.80. The first-order chi connectivity index (χ1) is 9.10. The Morgan fingerprint density at radius 1 is 1.32 bits per heavy atom. The summed E-state index contributed by atoms with van der Waals surface area (Å²) in [5, 5.41) is 9.27. The maximum atomic E-state index is 11.2. The van der Waals surface area contributed by atoms with Crippen molar-refractivity contribution in [2.75, 3.05) is 0 Å². The van der Waals surface area contributed by atoms with Gasteiger partial charge in [-0.1, -0.05) is 6.92 Å². The topological polar surface area (TPSA) is 59.4 Å².